The normalized spacial score (nSPS) is 16.0. The number of amides is 2. The van der Waals surface area contributed by atoms with Crippen LogP contribution in [0.25, 0.3) is 0 Å². The zero-order valence-electron chi connectivity index (χ0n) is 12.3. The van der Waals surface area contributed by atoms with Gasteiger partial charge in [-0.3, -0.25) is 14.5 Å². The fraction of sp³-hybridized carbons (Fsp3) is 0.467. The van der Waals surface area contributed by atoms with Crippen molar-refractivity contribution in [3.05, 3.63) is 29.8 Å². The minimum absolute atomic E-state index is 0.0235. The number of benzene rings is 1. The molecule has 0 atom stereocenters. The van der Waals surface area contributed by atoms with E-state index < -0.39 is 0 Å². The standard InChI is InChI=1S/C15H22N4O2/c1-16-15(21)12-3-5-13(6-4-12)18-14(20)11-19-9-2-7-17-8-10-19/h3-6,17H,2,7-11H2,1H3,(H,16,21)(H,18,20). The number of hydrogen-bond acceptors (Lipinski definition) is 4. The fourth-order valence-corrected chi connectivity index (χ4v) is 2.31. The summed E-state index contributed by atoms with van der Waals surface area (Å²) in [6.45, 7) is 4.17. The van der Waals surface area contributed by atoms with E-state index in [2.05, 4.69) is 20.9 Å². The lowest BCUT2D eigenvalue weighted by Gasteiger charge is -2.18. The molecule has 0 radical (unpaired) electrons. The Hall–Kier alpha value is -1.92. The predicted octanol–water partition coefficient (Wildman–Crippen LogP) is 0.280. The van der Waals surface area contributed by atoms with Crippen LogP contribution >= 0.6 is 0 Å². The Bertz CT molecular complexity index is 479. The number of nitrogens with one attached hydrogen (secondary N) is 3. The van der Waals surface area contributed by atoms with Gasteiger partial charge in [0.05, 0.1) is 6.54 Å². The smallest absolute Gasteiger partial charge is 0.251 e. The monoisotopic (exact) mass is 290 g/mol. The summed E-state index contributed by atoms with van der Waals surface area (Å²) in [4.78, 5) is 25.6. The second-order valence-electron chi connectivity index (χ2n) is 5.08. The van der Waals surface area contributed by atoms with Gasteiger partial charge in [0.15, 0.2) is 0 Å². The molecule has 21 heavy (non-hydrogen) atoms. The third-order valence-corrected chi connectivity index (χ3v) is 3.46. The van der Waals surface area contributed by atoms with Gasteiger partial charge in [0.1, 0.15) is 0 Å². The lowest BCUT2D eigenvalue weighted by molar-refractivity contribution is -0.117. The number of carbonyl (C=O) groups excluding carboxylic acids is 2. The van der Waals surface area contributed by atoms with Gasteiger partial charge in [-0.25, -0.2) is 0 Å². The molecule has 0 unspecified atom stereocenters. The summed E-state index contributed by atoms with van der Waals surface area (Å²) in [5.41, 5.74) is 1.29. The van der Waals surface area contributed by atoms with Crippen molar-refractivity contribution in [1.82, 2.24) is 15.5 Å². The minimum Gasteiger partial charge on any atom is -0.355 e. The first-order valence-corrected chi connectivity index (χ1v) is 7.24. The highest BCUT2D eigenvalue weighted by Crippen LogP contribution is 2.09. The summed E-state index contributed by atoms with van der Waals surface area (Å²) >= 11 is 0. The van der Waals surface area contributed by atoms with Gasteiger partial charge in [0.2, 0.25) is 5.91 Å². The van der Waals surface area contributed by atoms with E-state index in [0.29, 0.717) is 17.8 Å². The first-order valence-electron chi connectivity index (χ1n) is 7.24. The summed E-state index contributed by atoms with van der Waals surface area (Å²) in [6.07, 6.45) is 1.06. The maximum absolute atomic E-state index is 12.0. The molecule has 114 valence electrons. The topological polar surface area (TPSA) is 73.5 Å². The van der Waals surface area contributed by atoms with E-state index >= 15 is 0 Å². The van der Waals surface area contributed by atoms with Crippen LogP contribution in [0.5, 0.6) is 0 Å². The van der Waals surface area contributed by atoms with Crippen molar-refractivity contribution in [2.45, 2.75) is 6.42 Å². The van der Waals surface area contributed by atoms with E-state index in [1.807, 2.05) is 0 Å². The van der Waals surface area contributed by atoms with Gasteiger partial charge < -0.3 is 16.0 Å². The zero-order valence-corrected chi connectivity index (χ0v) is 12.3. The van der Waals surface area contributed by atoms with E-state index in [4.69, 9.17) is 0 Å². The van der Waals surface area contributed by atoms with E-state index in [1.54, 1.807) is 31.3 Å². The highest BCUT2D eigenvalue weighted by molar-refractivity contribution is 5.96. The highest BCUT2D eigenvalue weighted by Gasteiger charge is 2.12. The molecule has 1 aliphatic rings. The van der Waals surface area contributed by atoms with Gasteiger partial charge in [0, 0.05) is 31.4 Å². The Labute approximate surface area is 124 Å². The third-order valence-electron chi connectivity index (χ3n) is 3.46. The van der Waals surface area contributed by atoms with Crippen molar-refractivity contribution in [2.75, 3.05) is 45.1 Å². The summed E-state index contributed by atoms with van der Waals surface area (Å²) in [7, 11) is 1.59. The molecule has 0 aliphatic carbocycles. The maximum Gasteiger partial charge on any atom is 0.251 e. The Morgan fingerprint density at radius 1 is 1.19 bits per heavy atom. The molecule has 0 saturated carbocycles. The SMILES string of the molecule is CNC(=O)c1ccc(NC(=O)CN2CCCNCC2)cc1. The molecule has 0 aromatic heterocycles. The average molecular weight is 290 g/mol. The molecule has 1 saturated heterocycles. The van der Waals surface area contributed by atoms with Crippen LogP contribution < -0.4 is 16.0 Å². The molecule has 2 amide bonds. The van der Waals surface area contributed by atoms with Gasteiger partial charge in [-0.15, -0.1) is 0 Å². The second-order valence-corrected chi connectivity index (χ2v) is 5.08. The lowest BCUT2D eigenvalue weighted by atomic mass is 10.2. The first kappa shape index (κ1) is 15.5. The molecular formula is C15H22N4O2. The predicted molar refractivity (Wildman–Crippen MR) is 82.4 cm³/mol. The number of hydrogen-bond donors (Lipinski definition) is 3. The third kappa shape index (κ3) is 4.84. The van der Waals surface area contributed by atoms with E-state index in [9.17, 15) is 9.59 Å². The van der Waals surface area contributed by atoms with Crippen LogP contribution in [-0.4, -0.2) is 56.5 Å². The average Bonchev–Trinajstić information content (AvgIpc) is 2.75. The van der Waals surface area contributed by atoms with Crippen LogP contribution in [-0.2, 0) is 4.79 Å². The molecule has 1 fully saturated rings. The van der Waals surface area contributed by atoms with Crippen LogP contribution in [0.15, 0.2) is 24.3 Å². The minimum atomic E-state index is -0.134. The Balaban J connectivity index is 1.85. The Morgan fingerprint density at radius 3 is 2.67 bits per heavy atom. The van der Waals surface area contributed by atoms with Crippen LogP contribution in [0, 0.1) is 0 Å². The van der Waals surface area contributed by atoms with E-state index in [0.717, 1.165) is 32.6 Å². The van der Waals surface area contributed by atoms with Crippen molar-refractivity contribution in [1.29, 1.82) is 0 Å². The van der Waals surface area contributed by atoms with Crippen molar-refractivity contribution >= 4 is 17.5 Å². The molecule has 2 rings (SSSR count). The molecule has 0 spiro atoms. The van der Waals surface area contributed by atoms with Crippen molar-refractivity contribution in [2.24, 2.45) is 0 Å². The van der Waals surface area contributed by atoms with Gasteiger partial charge in [-0.1, -0.05) is 0 Å². The summed E-state index contributed by atoms with van der Waals surface area (Å²) in [5, 5.41) is 8.74. The zero-order chi connectivity index (χ0) is 15.1. The number of rotatable bonds is 4. The van der Waals surface area contributed by atoms with Gasteiger partial charge in [-0.2, -0.15) is 0 Å². The maximum atomic E-state index is 12.0. The van der Waals surface area contributed by atoms with Crippen LogP contribution in [0.4, 0.5) is 5.69 Å². The molecule has 1 aliphatic heterocycles. The summed E-state index contributed by atoms with van der Waals surface area (Å²) < 4.78 is 0. The Morgan fingerprint density at radius 2 is 1.95 bits per heavy atom. The van der Waals surface area contributed by atoms with Gasteiger partial charge >= 0.3 is 0 Å². The quantitative estimate of drug-likeness (QED) is 0.745. The van der Waals surface area contributed by atoms with Crippen molar-refractivity contribution in [3.63, 3.8) is 0 Å². The molecule has 1 heterocycles. The number of anilines is 1. The van der Waals surface area contributed by atoms with E-state index in [1.165, 1.54) is 0 Å². The molecule has 6 nitrogen and oxygen atoms in total. The Kier molecular flexibility index (Phi) is 5.71. The molecule has 0 bridgehead atoms. The second kappa shape index (κ2) is 7.75. The molecule has 3 N–H and O–H groups in total. The van der Waals surface area contributed by atoms with Gasteiger partial charge in [0.25, 0.3) is 5.91 Å². The van der Waals surface area contributed by atoms with Crippen LogP contribution in [0.3, 0.4) is 0 Å². The summed E-state index contributed by atoms with van der Waals surface area (Å²) in [5.74, 6) is -0.158. The largest absolute Gasteiger partial charge is 0.355 e. The van der Waals surface area contributed by atoms with Crippen LogP contribution in [0.1, 0.15) is 16.8 Å². The van der Waals surface area contributed by atoms with Crippen molar-refractivity contribution in [3.8, 4) is 0 Å². The molecule has 6 heteroatoms. The van der Waals surface area contributed by atoms with Gasteiger partial charge in [-0.05, 0) is 43.8 Å². The number of nitrogens with zero attached hydrogens (tertiary/aromatic N) is 1. The lowest BCUT2D eigenvalue weighted by Crippen LogP contribution is -2.35. The molecule has 1 aromatic rings. The van der Waals surface area contributed by atoms with Crippen molar-refractivity contribution < 1.29 is 9.59 Å². The molecular weight excluding hydrogens is 268 g/mol. The summed E-state index contributed by atoms with van der Waals surface area (Å²) in [6, 6.07) is 6.88. The first-order chi connectivity index (χ1) is 10.2. The molecule has 1 aromatic carbocycles. The fourth-order valence-electron chi connectivity index (χ4n) is 2.31. The van der Waals surface area contributed by atoms with Crippen LogP contribution in [0.2, 0.25) is 0 Å². The number of carbonyl (C=O) groups is 2. The highest BCUT2D eigenvalue weighted by atomic mass is 16.2. The van der Waals surface area contributed by atoms with E-state index in [-0.39, 0.29) is 11.8 Å².